The second kappa shape index (κ2) is 20.8. The largest absolute Gasteiger partial charge is 0.378 e. The molecular weight excluding hydrogens is 582 g/mol. The molecule has 10 nitrogen and oxygen atoms in total. The molecule has 0 spiro atoms. The van der Waals surface area contributed by atoms with E-state index in [1.54, 1.807) is 26.0 Å². The average Bonchev–Trinajstić information content (AvgIpc) is 3.02. The Morgan fingerprint density at radius 1 is 0.978 bits per heavy atom. The van der Waals surface area contributed by atoms with Gasteiger partial charge in [-0.15, -0.1) is 0 Å². The fourth-order valence-corrected chi connectivity index (χ4v) is 5.44. The molecule has 1 aromatic rings. The van der Waals surface area contributed by atoms with Crippen LogP contribution in [0, 0.1) is 11.8 Å². The predicted octanol–water partition coefficient (Wildman–Crippen LogP) is 3.70. The van der Waals surface area contributed by atoms with Crippen molar-refractivity contribution in [2.75, 3.05) is 40.8 Å². The topological polar surface area (TPSA) is 120 Å². The quantitative estimate of drug-likeness (QED) is 0.139. The molecule has 1 saturated carbocycles. The maximum atomic E-state index is 14.0. The summed E-state index contributed by atoms with van der Waals surface area (Å²) in [6, 6.07) is 7.38. The Kier molecular flexibility index (Phi) is 17.6. The molecule has 3 unspecified atom stereocenters. The molecule has 0 aliphatic heterocycles. The zero-order valence-electron chi connectivity index (χ0n) is 29.2. The first-order chi connectivity index (χ1) is 22.0. The van der Waals surface area contributed by atoms with Gasteiger partial charge in [0.25, 0.3) is 0 Å². The van der Waals surface area contributed by atoms with Crippen LogP contribution in [0.5, 0.6) is 0 Å². The number of likely N-dealkylation sites (N-methyl/N-ethyl adjacent to an activating group) is 3. The second-order valence-corrected chi connectivity index (χ2v) is 13.0. The average molecular weight is 642 g/mol. The minimum Gasteiger partial charge on any atom is -0.378 e. The van der Waals surface area contributed by atoms with Crippen molar-refractivity contribution in [2.45, 2.75) is 103 Å². The van der Waals surface area contributed by atoms with Crippen LogP contribution in [0.3, 0.4) is 0 Å². The third-order valence-electron chi connectivity index (χ3n) is 8.81. The molecular formula is C36H59N5O5. The highest BCUT2D eigenvalue weighted by molar-refractivity contribution is 5.94. The highest BCUT2D eigenvalue weighted by Gasteiger charge is 2.36. The number of nitrogens with zero attached hydrogens (tertiary/aromatic N) is 2. The van der Waals surface area contributed by atoms with Crippen molar-refractivity contribution in [1.29, 1.82) is 0 Å². The summed E-state index contributed by atoms with van der Waals surface area (Å²) >= 11 is 0. The SMILES string of the molecule is CCC(C)C(C(=O)NCC(=O)N(C)CC/C=C\CCOC1CCC1)N(C)C(=O)[C@@H](Cc1ccccc1)NC(=O)C(CC(C)C)NC. The van der Waals surface area contributed by atoms with Crippen LogP contribution in [0.25, 0.3) is 0 Å². The maximum Gasteiger partial charge on any atom is 0.245 e. The van der Waals surface area contributed by atoms with Gasteiger partial charge < -0.3 is 30.5 Å². The van der Waals surface area contributed by atoms with Gasteiger partial charge >= 0.3 is 0 Å². The fourth-order valence-electron chi connectivity index (χ4n) is 5.44. The van der Waals surface area contributed by atoms with E-state index in [0.717, 1.165) is 18.6 Å². The van der Waals surface area contributed by atoms with Crippen molar-refractivity contribution in [1.82, 2.24) is 25.8 Å². The summed E-state index contributed by atoms with van der Waals surface area (Å²) in [7, 11) is 5.06. The molecule has 1 aliphatic rings. The van der Waals surface area contributed by atoms with E-state index >= 15 is 0 Å². The van der Waals surface area contributed by atoms with Gasteiger partial charge in [-0.1, -0.05) is 76.6 Å². The lowest BCUT2D eigenvalue weighted by molar-refractivity contribution is -0.144. The van der Waals surface area contributed by atoms with Gasteiger partial charge in [-0.2, -0.15) is 0 Å². The molecule has 0 saturated heterocycles. The minimum absolute atomic E-state index is 0.160. The van der Waals surface area contributed by atoms with E-state index in [9.17, 15) is 19.2 Å². The molecule has 46 heavy (non-hydrogen) atoms. The number of carbonyl (C=O) groups excluding carboxylic acids is 4. The highest BCUT2D eigenvalue weighted by Crippen LogP contribution is 2.22. The first kappa shape index (κ1) is 38.9. The van der Waals surface area contributed by atoms with Gasteiger partial charge in [0.1, 0.15) is 12.1 Å². The smallest absolute Gasteiger partial charge is 0.245 e. The molecule has 0 heterocycles. The molecule has 1 aromatic carbocycles. The van der Waals surface area contributed by atoms with Crippen LogP contribution in [-0.4, -0.2) is 98.5 Å². The lowest BCUT2D eigenvalue weighted by Crippen LogP contribution is -2.59. The lowest BCUT2D eigenvalue weighted by atomic mass is 9.95. The monoisotopic (exact) mass is 641 g/mol. The predicted molar refractivity (Wildman–Crippen MR) is 183 cm³/mol. The Bertz CT molecular complexity index is 1110. The third kappa shape index (κ3) is 13.2. The summed E-state index contributed by atoms with van der Waals surface area (Å²) in [5.74, 6) is -1.11. The normalized spacial score (nSPS) is 15.9. The van der Waals surface area contributed by atoms with E-state index in [2.05, 4.69) is 28.1 Å². The van der Waals surface area contributed by atoms with Crippen LogP contribution in [0.2, 0.25) is 0 Å². The Morgan fingerprint density at radius 2 is 1.65 bits per heavy atom. The van der Waals surface area contributed by atoms with Crippen LogP contribution in [0.15, 0.2) is 42.5 Å². The van der Waals surface area contributed by atoms with Crippen molar-refractivity contribution >= 4 is 23.6 Å². The third-order valence-corrected chi connectivity index (χ3v) is 8.81. The summed E-state index contributed by atoms with van der Waals surface area (Å²) in [6.45, 7) is 9.06. The van der Waals surface area contributed by atoms with Crippen molar-refractivity contribution in [3.8, 4) is 0 Å². The second-order valence-electron chi connectivity index (χ2n) is 13.0. The Morgan fingerprint density at radius 3 is 2.24 bits per heavy atom. The number of amides is 4. The number of hydrogen-bond acceptors (Lipinski definition) is 6. The first-order valence-electron chi connectivity index (χ1n) is 17.0. The Hall–Kier alpha value is -3.24. The van der Waals surface area contributed by atoms with Crippen molar-refractivity contribution in [3.63, 3.8) is 0 Å². The van der Waals surface area contributed by atoms with Gasteiger partial charge in [0, 0.05) is 27.1 Å². The molecule has 2 rings (SSSR count). The van der Waals surface area contributed by atoms with Crippen molar-refractivity contribution < 1.29 is 23.9 Å². The van der Waals surface area contributed by atoms with Crippen LogP contribution < -0.4 is 16.0 Å². The van der Waals surface area contributed by atoms with E-state index in [0.29, 0.717) is 31.9 Å². The van der Waals surface area contributed by atoms with Crippen LogP contribution in [0.4, 0.5) is 0 Å². The molecule has 258 valence electrons. The lowest BCUT2D eigenvalue weighted by Gasteiger charge is -2.34. The summed E-state index contributed by atoms with van der Waals surface area (Å²) < 4.78 is 5.76. The molecule has 0 radical (unpaired) electrons. The zero-order chi connectivity index (χ0) is 34.1. The molecule has 4 amide bonds. The number of nitrogens with one attached hydrogen (secondary N) is 3. The highest BCUT2D eigenvalue weighted by atomic mass is 16.5. The van der Waals surface area contributed by atoms with E-state index in [4.69, 9.17) is 4.74 Å². The van der Waals surface area contributed by atoms with Gasteiger partial charge in [0.15, 0.2) is 0 Å². The van der Waals surface area contributed by atoms with Gasteiger partial charge in [-0.3, -0.25) is 19.2 Å². The van der Waals surface area contributed by atoms with Crippen molar-refractivity contribution in [2.24, 2.45) is 11.8 Å². The standard InChI is InChI=1S/C36H59N5O5/c1-8-27(4)33(35(44)38-25-32(42)40(6)21-14-9-10-15-22-46-29-19-16-20-29)41(7)36(45)31(24-28-17-12-11-13-18-28)39-34(43)30(37-5)23-26(2)3/h9-13,17-18,26-27,29-31,33,37H,8,14-16,19-25H2,1-7H3,(H,38,44)(H,39,43)/b10-9-/t27?,30?,31-,33?/m1/s1. The number of hydrogen-bond donors (Lipinski definition) is 3. The number of ether oxygens (including phenoxy) is 1. The molecule has 4 atom stereocenters. The first-order valence-corrected chi connectivity index (χ1v) is 17.0. The number of rotatable bonds is 21. The van der Waals surface area contributed by atoms with Crippen LogP contribution in [-0.2, 0) is 30.3 Å². The maximum absolute atomic E-state index is 14.0. The molecule has 3 N–H and O–H groups in total. The van der Waals surface area contributed by atoms with Crippen LogP contribution >= 0.6 is 0 Å². The number of benzene rings is 1. The molecule has 1 aliphatic carbocycles. The van der Waals surface area contributed by atoms with E-state index in [1.165, 1.54) is 24.2 Å². The summed E-state index contributed by atoms with van der Waals surface area (Å²) in [6.07, 6.45) is 11.3. The summed E-state index contributed by atoms with van der Waals surface area (Å²) in [5, 5.41) is 8.80. The van der Waals surface area contributed by atoms with Gasteiger partial charge in [-0.05, 0) is 63.0 Å². The summed E-state index contributed by atoms with van der Waals surface area (Å²) in [4.78, 5) is 56.7. The van der Waals surface area contributed by atoms with Gasteiger partial charge in [0.2, 0.25) is 23.6 Å². The fraction of sp³-hybridized carbons (Fsp3) is 0.667. The molecule has 0 bridgehead atoms. The Labute approximate surface area is 277 Å². The van der Waals surface area contributed by atoms with Gasteiger partial charge in [0.05, 0.1) is 25.3 Å². The molecule has 0 aromatic heterocycles. The van der Waals surface area contributed by atoms with E-state index in [1.807, 2.05) is 58.0 Å². The molecule has 10 heteroatoms. The van der Waals surface area contributed by atoms with Crippen molar-refractivity contribution in [3.05, 3.63) is 48.0 Å². The van der Waals surface area contributed by atoms with Crippen LogP contribution in [0.1, 0.15) is 78.2 Å². The Balaban J connectivity index is 2.02. The van der Waals surface area contributed by atoms with E-state index in [-0.39, 0.29) is 42.5 Å². The van der Waals surface area contributed by atoms with Gasteiger partial charge in [-0.25, -0.2) is 0 Å². The zero-order valence-corrected chi connectivity index (χ0v) is 29.2. The number of carbonyl (C=O) groups is 4. The van der Waals surface area contributed by atoms with E-state index < -0.39 is 24.0 Å². The molecule has 1 fully saturated rings. The minimum atomic E-state index is -0.868. The summed E-state index contributed by atoms with van der Waals surface area (Å²) in [5.41, 5.74) is 0.898.